The number of benzene rings is 2. The van der Waals surface area contributed by atoms with E-state index in [9.17, 15) is 22.8 Å². The topological polar surface area (TPSA) is 78.2 Å². The van der Waals surface area contributed by atoms with Crippen LogP contribution in [0.3, 0.4) is 0 Å². The summed E-state index contributed by atoms with van der Waals surface area (Å²) in [6.45, 7) is 1.51. The van der Waals surface area contributed by atoms with Crippen LogP contribution in [-0.4, -0.2) is 42.1 Å². The Morgan fingerprint density at radius 3 is 1.79 bits per heavy atom. The Morgan fingerprint density at radius 2 is 1.33 bits per heavy atom. The zero-order valence-corrected chi connectivity index (χ0v) is 18.2. The molecule has 0 saturated carbocycles. The van der Waals surface area contributed by atoms with Crippen molar-refractivity contribution < 1.29 is 17.9 Å². The Kier molecular flexibility index (Phi) is 7.55. The van der Waals surface area contributed by atoms with Crippen molar-refractivity contribution in [1.29, 1.82) is 0 Å². The van der Waals surface area contributed by atoms with Gasteiger partial charge in [0, 0.05) is 6.54 Å². The molecule has 0 saturated heterocycles. The Balaban J connectivity index is 1.79. The molecule has 6 nitrogen and oxygen atoms in total. The third-order valence-corrected chi connectivity index (χ3v) is 4.74. The third kappa shape index (κ3) is 6.95. The molecule has 0 spiro atoms. The largest absolute Gasteiger partial charge is 0.494 e. The molecule has 0 radical (unpaired) electrons. The number of ether oxygens (including phenoxy) is 1. The summed E-state index contributed by atoms with van der Waals surface area (Å²) in [5.41, 5.74) is -0.853. The maximum atomic E-state index is 12.7. The van der Waals surface area contributed by atoms with Gasteiger partial charge in [-0.05, 0) is 68.1 Å². The molecular formula is C24H24F3N3O3. The number of nitrogens with one attached hydrogen (secondary N) is 2. The maximum absolute atomic E-state index is 12.7. The normalized spacial score (nSPS) is 13.0. The second-order valence-corrected chi connectivity index (χ2v) is 7.72. The van der Waals surface area contributed by atoms with E-state index in [1.807, 2.05) is 14.1 Å². The van der Waals surface area contributed by atoms with Gasteiger partial charge >= 0.3 is 6.18 Å². The Bertz CT molecular complexity index is 1310. The molecule has 0 amide bonds. The Hall–Kier alpha value is -3.59. The highest BCUT2D eigenvalue weighted by atomic mass is 19.4. The predicted molar refractivity (Wildman–Crippen MR) is 121 cm³/mol. The van der Waals surface area contributed by atoms with Gasteiger partial charge < -0.3 is 19.6 Å². The van der Waals surface area contributed by atoms with Crippen LogP contribution < -0.4 is 26.6 Å². The zero-order chi connectivity index (χ0) is 24.0. The summed E-state index contributed by atoms with van der Waals surface area (Å²) in [6, 6.07) is 11.4. The quantitative estimate of drug-likeness (QED) is 0.531. The monoisotopic (exact) mass is 459 g/mol. The first-order valence-electron chi connectivity index (χ1n) is 10.2. The number of hydrogen-bond acceptors (Lipinski definition) is 4. The Labute approximate surface area is 187 Å². The molecule has 0 bridgehead atoms. The van der Waals surface area contributed by atoms with Gasteiger partial charge in [0.05, 0.1) is 12.2 Å². The molecule has 2 N–H and O–H groups in total. The van der Waals surface area contributed by atoms with E-state index >= 15 is 0 Å². The van der Waals surface area contributed by atoms with Gasteiger partial charge in [0.25, 0.3) is 11.1 Å². The molecule has 0 aliphatic heterocycles. The number of halogens is 3. The maximum Gasteiger partial charge on any atom is 0.416 e. The van der Waals surface area contributed by atoms with E-state index in [-0.39, 0.29) is 10.7 Å². The number of hydrogen-bond donors (Lipinski definition) is 2. The molecule has 33 heavy (non-hydrogen) atoms. The lowest BCUT2D eigenvalue weighted by molar-refractivity contribution is -0.137. The van der Waals surface area contributed by atoms with E-state index in [4.69, 9.17) is 4.74 Å². The van der Waals surface area contributed by atoms with Crippen LogP contribution in [0.1, 0.15) is 23.1 Å². The summed E-state index contributed by atoms with van der Waals surface area (Å²) in [5, 5.41) is 0.00241. The number of H-pyrrole nitrogens is 2. The molecule has 3 rings (SSSR count). The minimum Gasteiger partial charge on any atom is -0.494 e. The number of aromatic nitrogens is 2. The van der Waals surface area contributed by atoms with Crippen LogP contribution >= 0.6 is 0 Å². The standard InChI is InChI=1S/C24H24F3N3O3/c1-30(2)12-3-13-33-19-10-6-17(7-11-19)15-21-23(32)28-20(22(31)29-21)14-16-4-8-18(9-5-16)24(25,26)27/h4-11,14-15H,3,12-13H2,1-2H3,(H,28,32)(H,29,31). The van der Waals surface area contributed by atoms with Gasteiger partial charge in [-0.1, -0.05) is 24.3 Å². The average molecular weight is 459 g/mol. The molecule has 174 valence electrons. The van der Waals surface area contributed by atoms with Gasteiger partial charge in [-0.3, -0.25) is 9.59 Å². The zero-order valence-electron chi connectivity index (χ0n) is 18.2. The number of rotatable bonds is 7. The summed E-state index contributed by atoms with van der Waals surface area (Å²) in [7, 11) is 3.99. The predicted octanol–water partition coefficient (Wildman–Crippen LogP) is 2.07. The first-order valence-corrected chi connectivity index (χ1v) is 10.2. The molecule has 2 aromatic carbocycles. The van der Waals surface area contributed by atoms with Crippen molar-refractivity contribution in [2.75, 3.05) is 27.2 Å². The van der Waals surface area contributed by atoms with Crippen molar-refractivity contribution in [3.63, 3.8) is 0 Å². The van der Waals surface area contributed by atoms with Crippen molar-refractivity contribution in [3.05, 3.63) is 96.6 Å². The summed E-state index contributed by atoms with van der Waals surface area (Å²) in [5.74, 6) is 0.704. The highest BCUT2D eigenvalue weighted by Gasteiger charge is 2.29. The number of nitrogens with zero attached hydrogens (tertiary/aromatic N) is 1. The number of alkyl halides is 3. The van der Waals surface area contributed by atoms with Gasteiger partial charge in [0.1, 0.15) is 16.4 Å². The van der Waals surface area contributed by atoms with Gasteiger partial charge in [0.15, 0.2) is 0 Å². The average Bonchev–Trinajstić information content (AvgIpc) is 2.75. The minimum atomic E-state index is -4.45. The van der Waals surface area contributed by atoms with E-state index in [2.05, 4.69) is 14.9 Å². The molecule has 9 heteroatoms. The highest BCUT2D eigenvalue weighted by molar-refractivity contribution is 5.50. The summed E-state index contributed by atoms with van der Waals surface area (Å²) < 4.78 is 43.7. The molecule has 0 fully saturated rings. The van der Waals surface area contributed by atoms with Crippen LogP contribution in [0.5, 0.6) is 5.75 Å². The SMILES string of the molecule is CN(C)CCCOc1ccc(C=c2[nH]c(=O)c(=Cc3ccc(C(F)(F)F)cc3)[nH]c2=O)cc1. The van der Waals surface area contributed by atoms with Crippen LogP contribution in [0, 0.1) is 0 Å². The van der Waals surface area contributed by atoms with Crippen LogP contribution in [0.2, 0.25) is 0 Å². The summed E-state index contributed by atoms with van der Waals surface area (Å²) in [6.07, 6.45) is -0.712. The third-order valence-electron chi connectivity index (χ3n) is 4.74. The van der Waals surface area contributed by atoms with Gasteiger partial charge in [0.2, 0.25) is 0 Å². The molecule has 1 heterocycles. The van der Waals surface area contributed by atoms with Gasteiger partial charge in [-0.2, -0.15) is 13.2 Å². The van der Waals surface area contributed by atoms with Crippen molar-refractivity contribution >= 4 is 12.2 Å². The van der Waals surface area contributed by atoms with Crippen LogP contribution in [0.15, 0.2) is 58.1 Å². The van der Waals surface area contributed by atoms with E-state index in [0.717, 1.165) is 25.1 Å². The van der Waals surface area contributed by atoms with E-state index in [1.165, 1.54) is 24.3 Å². The molecule has 0 aliphatic rings. The molecule has 0 aliphatic carbocycles. The second kappa shape index (κ2) is 10.4. The van der Waals surface area contributed by atoms with Crippen LogP contribution in [-0.2, 0) is 6.18 Å². The van der Waals surface area contributed by atoms with E-state index in [1.54, 1.807) is 24.3 Å². The smallest absolute Gasteiger partial charge is 0.416 e. The fourth-order valence-electron chi connectivity index (χ4n) is 3.03. The number of aromatic amines is 2. The van der Waals surface area contributed by atoms with Gasteiger partial charge in [-0.15, -0.1) is 0 Å². The van der Waals surface area contributed by atoms with Crippen molar-refractivity contribution in [3.8, 4) is 5.75 Å². The van der Waals surface area contributed by atoms with Crippen molar-refractivity contribution in [2.24, 2.45) is 0 Å². The fourth-order valence-corrected chi connectivity index (χ4v) is 3.03. The Morgan fingerprint density at radius 1 is 0.848 bits per heavy atom. The summed E-state index contributed by atoms with van der Waals surface area (Å²) in [4.78, 5) is 31.9. The summed E-state index contributed by atoms with van der Waals surface area (Å²) >= 11 is 0. The van der Waals surface area contributed by atoms with E-state index < -0.39 is 22.9 Å². The van der Waals surface area contributed by atoms with Crippen LogP contribution in [0.25, 0.3) is 12.2 Å². The van der Waals surface area contributed by atoms with E-state index in [0.29, 0.717) is 23.5 Å². The minimum absolute atomic E-state index is 0.0571. The second-order valence-electron chi connectivity index (χ2n) is 7.72. The lowest BCUT2D eigenvalue weighted by Crippen LogP contribution is -2.46. The molecule has 0 atom stereocenters. The lowest BCUT2D eigenvalue weighted by atomic mass is 10.1. The first kappa shape index (κ1) is 24.1. The fraction of sp³-hybridized carbons (Fsp3) is 0.250. The molecule has 0 unspecified atom stereocenters. The van der Waals surface area contributed by atoms with Crippen molar-refractivity contribution in [1.82, 2.24) is 14.9 Å². The lowest BCUT2D eigenvalue weighted by Gasteiger charge is -2.10. The van der Waals surface area contributed by atoms with Gasteiger partial charge in [-0.25, -0.2) is 0 Å². The highest BCUT2D eigenvalue weighted by Crippen LogP contribution is 2.29. The molecule has 3 aromatic rings. The first-order chi connectivity index (χ1) is 15.6. The molecular weight excluding hydrogens is 435 g/mol. The van der Waals surface area contributed by atoms with Crippen molar-refractivity contribution in [2.45, 2.75) is 12.6 Å². The molecule has 1 aromatic heterocycles. The van der Waals surface area contributed by atoms with Crippen LogP contribution in [0.4, 0.5) is 13.2 Å².